The summed E-state index contributed by atoms with van der Waals surface area (Å²) in [6.07, 6.45) is 5.14. The molecule has 1 aromatic heterocycles. The Morgan fingerprint density at radius 1 is 1.15 bits per heavy atom. The molecule has 7 heteroatoms. The summed E-state index contributed by atoms with van der Waals surface area (Å²) in [6.45, 7) is 2.12. The summed E-state index contributed by atoms with van der Waals surface area (Å²) in [4.78, 5) is 20.5. The molecule has 0 saturated heterocycles. The molecule has 1 aliphatic heterocycles. The molecule has 0 saturated carbocycles. The number of halogens is 2. The zero-order valence-corrected chi connectivity index (χ0v) is 16.8. The molecular weight excluding hydrogens is 385 g/mol. The highest BCUT2D eigenvalue weighted by Gasteiger charge is 2.34. The van der Waals surface area contributed by atoms with Gasteiger partial charge < -0.3 is 9.67 Å². The molecule has 2 aromatic rings. The third-order valence-electron chi connectivity index (χ3n) is 4.74. The smallest absolute Gasteiger partial charge is 0.353 e. The Balaban J connectivity index is 1.86. The van der Waals surface area contributed by atoms with E-state index in [-0.39, 0.29) is 16.0 Å². The standard InChI is InChI=1S/C20H21Cl2N3O2/c1-3-4-10-20(23-17(21)18(22)24-20)12-13-5-7-14(8-6-13)15-9-11-25(2)16(15)19(26)27/h5-9,11H,3-4,10,12H2,1-2H3,(H,26,27). The molecule has 5 nitrogen and oxygen atoms in total. The fraction of sp³-hybridized carbons (Fsp3) is 0.350. The van der Waals surface area contributed by atoms with E-state index in [4.69, 9.17) is 23.2 Å². The Hall–Kier alpha value is -2.11. The van der Waals surface area contributed by atoms with Gasteiger partial charge in [-0.15, -0.1) is 0 Å². The van der Waals surface area contributed by atoms with Gasteiger partial charge in [0.05, 0.1) is 0 Å². The Morgan fingerprint density at radius 2 is 1.78 bits per heavy atom. The number of benzene rings is 1. The summed E-state index contributed by atoms with van der Waals surface area (Å²) < 4.78 is 1.61. The maximum absolute atomic E-state index is 11.5. The van der Waals surface area contributed by atoms with Crippen LogP contribution in [0.5, 0.6) is 0 Å². The highest BCUT2D eigenvalue weighted by molar-refractivity contribution is 7.00. The van der Waals surface area contributed by atoms with Gasteiger partial charge >= 0.3 is 5.97 Å². The van der Waals surface area contributed by atoms with Crippen molar-refractivity contribution < 1.29 is 9.90 Å². The first-order valence-corrected chi connectivity index (χ1v) is 9.60. The van der Waals surface area contributed by atoms with E-state index >= 15 is 0 Å². The molecule has 0 aliphatic carbocycles. The van der Waals surface area contributed by atoms with Crippen LogP contribution in [0.1, 0.15) is 42.2 Å². The van der Waals surface area contributed by atoms with Crippen LogP contribution in [0, 0.1) is 0 Å². The summed E-state index contributed by atoms with van der Waals surface area (Å²) in [7, 11) is 1.72. The van der Waals surface area contributed by atoms with Crippen molar-refractivity contribution in [3.63, 3.8) is 0 Å². The lowest BCUT2D eigenvalue weighted by molar-refractivity contribution is 0.0687. The number of unbranched alkanes of at least 4 members (excludes halogenated alkanes) is 1. The summed E-state index contributed by atoms with van der Waals surface area (Å²) in [5.74, 6) is -0.945. The van der Waals surface area contributed by atoms with Gasteiger partial charge in [0.25, 0.3) is 0 Å². The first-order chi connectivity index (χ1) is 12.8. The normalized spacial score (nSPS) is 15.6. The minimum absolute atomic E-state index is 0.264. The largest absolute Gasteiger partial charge is 0.477 e. The third-order valence-corrected chi connectivity index (χ3v) is 5.36. The monoisotopic (exact) mass is 405 g/mol. The predicted molar refractivity (Wildman–Crippen MR) is 110 cm³/mol. The van der Waals surface area contributed by atoms with Gasteiger partial charge in [0.1, 0.15) is 5.69 Å². The Labute approximate surface area is 168 Å². The molecule has 3 rings (SSSR count). The van der Waals surface area contributed by atoms with Gasteiger partial charge in [0.15, 0.2) is 16.0 Å². The van der Waals surface area contributed by atoms with E-state index in [1.54, 1.807) is 17.8 Å². The second-order valence-electron chi connectivity index (χ2n) is 6.76. The number of aryl methyl sites for hydroxylation is 1. The zero-order chi connectivity index (χ0) is 19.6. The van der Waals surface area contributed by atoms with E-state index in [0.29, 0.717) is 12.0 Å². The van der Waals surface area contributed by atoms with Gasteiger partial charge in [-0.2, -0.15) is 0 Å². The minimum Gasteiger partial charge on any atom is -0.477 e. The summed E-state index contributed by atoms with van der Waals surface area (Å²) in [5, 5.41) is 9.96. The molecule has 1 N–H and O–H groups in total. The molecule has 0 unspecified atom stereocenters. The average Bonchev–Trinajstić information content (AvgIpc) is 3.14. The van der Waals surface area contributed by atoms with Crippen molar-refractivity contribution in [1.82, 2.24) is 4.57 Å². The molecule has 142 valence electrons. The second kappa shape index (κ2) is 7.87. The molecule has 27 heavy (non-hydrogen) atoms. The summed E-state index contributed by atoms with van der Waals surface area (Å²) in [6, 6.07) is 9.62. The number of hydrogen-bond acceptors (Lipinski definition) is 3. The Morgan fingerprint density at radius 3 is 2.33 bits per heavy atom. The number of rotatable bonds is 7. The fourth-order valence-electron chi connectivity index (χ4n) is 3.38. The minimum atomic E-state index is -0.945. The number of aromatic nitrogens is 1. The Kier molecular flexibility index (Phi) is 5.72. The average molecular weight is 406 g/mol. The topological polar surface area (TPSA) is 67.0 Å². The lowest BCUT2D eigenvalue weighted by atomic mass is 9.94. The van der Waals surface area contributed by atoms with Gasteiger partial charge in [-0.25, -0.2) is 14.8 Å². The van der Waals surface area contributed by atoms with Crippen molar-refractivity contribution in [2.45, 2.75) is 38.3 Å². The van der Waals surface area contributed by atoms with E-state index < -0.39 is 11.6 Å². The highest BCUT2D eigenvalue weighted by Crippen LogP contribution is 2.33. The molecule has 0 amide bonds. The van der Waals surface area contributed by atoms with Crippen LogP contribution in [0.15, 0.2) is 46.5 Å². The summed E-state index contributed by atoms with van der Waals surface area (Å²) >= 11 is 12.2. The van der Waals surface area contributed by atoms with Crippen LogP contribution in [0.3, 0.4) is 0 Å². The number of carboxylic acids is 1. The van der Waals surface area contributed by atoms with Gasteiger partial charge in [-0.3, -0.25) is 0 Å². The molecule has 0 spiro atoms. The summed E-state index contributed by atoms with van der Waals surface area (Å²) in [5.41, 5.74) is 2.22. The van der Waals surface area contributed by atoms with Gasteiger partial charge in [-0.05, 0) is 30.0 Å². The molecule has 2 heterocycles. The van der Waals surface area contributed by atoms with Crippen molar-refractivity contribution in [3.05, 3.63) is 47.8 Å². The van der Waals surface area contributed by atoms with Crippen LogP contribution >= 0.6 is 23.2 Å². The van der Waals surface area contributed by atoms with Crippen LogP contribution in [0.2, 0.25) is 0 Å². The van der Waals surface area contributed by atoms with Gasteiger partial charge in [0, 0.05) is 25.2 Å². The molecule has 0 radical (unpaired) electrons. The van der Waals surface area contributed by atoms with E-state index in [1.807, 2.05) is 30.3 Å². The maximum atomic E-state index is 11.5. The van der Waals surface area contributed by atoms with E-state index in [9.17, 15) is 9.90 Å². The van der Waals surface area contributed by atoms with E-state index in [0.717, 1.165) is 30.4 Å². The maximum Gasteiger partial charge on any atom is 0.353 e. The Bertz CT molecular complexity index is 896. The molecule has 1 aliphatic rings. The number of nitrogens with zero attached hydrogens (tertiary/aromatic N) is 3. The number of hydrogen-bond donors (Lipinski definition) is 1. The first kappa shape index (κ1) is 19.6. The van der Waals surface area contributed by atoms with Gasteiger partial charge in [-0.1, -0.05) is 60.8 Å². The quantitative estimate of drug-likeness (QED) is 0.695. The predicted octanol–water partition coefficient (Wildman–Crippen LogP) is 5.11. The number of carboxylic acid groups (broad SMARTS) is 1. The molecular formula is C20H21Cl2N3O2. The number of aliphatic imine (C=N–C) groups is 2. The molecule has 0 fully saturated rings. The SMILES string of the molecule is CCCCC1(Cc2ccc(-c3ccn(C)c3C(=O)O)cc2)N=C(Cl)C(Cl)=N1. The molecule has 1 aromatic carbocycles. The number of aromatic carboxylic acids is 1. The lowest BCUT2D eigenvalue weighted by Crippen LogP contribution is -2.25. The first-order valence-electron chi connectivity index (χ1n) is 8.84. The van der Waals surface area contributed by atoms with Crippen LogP contribution in [0.25, 0.3) is 11.1 Å². The van der Waals surface area contributed by atoms with Crippen molar-refractivity contribution in [1.29, 1.82) is 0 Å². The zero-order valence-electron chi connectivity index (χ0n) is 15.2. The number of carbonyl (C=O) groups is 1. The second-order valence-corrected chi connectivity index (χ2v) is 7.48. The van der Waals surface area contributed by atoms with Crippen LogP contribution < -0.4 is 0 Å². The molecule has 0 bridgehead atoms. The lowest BCUT2D eigenvalue weighted by Gasteiger charge is -2.23. The van der Waals surface area contributed by atoms with Crippen LogP contribution in [-0.2, 0) is 13.5 Å². The van der Waals surface area contributed by atoms with Crippen molar-refractivity contribution in [2.24, 2.45) is 17.0 Å². The van der Waals surface area contributed by atoms with E-state index in [1.165, 1.54) is 0 Å². The van der Waals surface area contributed by atoms with Crippen molar-refractivity contribution in [3.8, 4) is 11.1 Å². The van der Waals surface area contributed by atoms with Crippen molar-refractivity contribution in [2.75, 3.05) is 0 Å². The fourth-order valence-corrected chi connectivity index (χ4v) is 3.78. The van der Waals surface area contributed by atoms with Gasteiger partial charge in [0.2, 0.25) is 0 Å². The molecule has 0 atom stereocenters. The van der Waals surface area contributed by atoms with Crippen LogP contribution in [-0.4, -0.2) is 31.6 Å². The third kappa shape index (κ3) is 4.09. The van der Waals surface area contributed by atoms with Crippen molar-refractivity contribution >= 4 is 39.5 Å². The van der Waals surface area contributed by atoms with Crippen LogP contribution in [0.4, 0.5) is 0 Å². The van der Waals surface area contributed by atoms with E-state index in [2.05, 4.69) is 16.9 Å². The highest BCUT2D eigenvalue weighted by atomic mass is 35.5.